The van der Waals surface area contributed by atoms with Gasteiger partial charge in [-0.25, -0.2) is 0 Å². The van der Waals surface area contributed by atoms with Gasteiger partial charge in [-0.15, -0.1) is 0 Å². The predicted octanol–water partition coefficient (Wildman–Crippen LogP) is 3.63. The van der Waals surface area contributed by atoms with E-state index in [1.807, 2.05) is 18.2 Å². The summed E-state index contributed by atoms with van der Waals surface area (Å²) in [5, 5.41) is 7.43. The highest BCUT2D eigenvalue weighted by Gasteiger charge is 2.21. The topological polar surface area (TPSA) is 68.0 Å². The second-order valence-electron chi connectivity index (χ2n) is 5.02. The fourth-order valence-corrected chi connectivity index (χ4v) is 2.33. The molecule has 0 atom stereocenters. The summed E-state index contributed by atoms with van der Waals surface area (Å²) in [6.07, 6.45) is 3.29. The highest BCUT2D eigenvalue weighted by Crippen LogP contribution is 2.25. The molecule has 0 saturated carbocycles. The molecule has 0 aliphatic carbocycles. The van der Waals surface area contributed by atoms with Crippen LogP contribution in [0, 0.1) is 6.92 Å². The molecule has 0 fully saturated rings. The van der Waals surface area contributed by atoms with Crippen LogP contribution in [0.1, 0.15) is 21.6 Å². The van der Waals surface area contributed by atoms with Gasteiger partial charge >= 0.3 is 0 Å². The highest BCUT2D eigenvalue weighted by molar-refractivity contribution is 6.30. The Kier molecular flexibility index (Phi) is 4.39. The SMILES string of the molecule is Cc1noc(-c2cccnc2)c1C(=O)NCc1ccc(Cl)cc1. The van der Waals surface area contributed by atoms with Gasteiger partial charge in [0.2, 0.25) is 0 Å². The maximum Gasteiger partial charge on any atom is 0.257 e. The van der Waals surface area contributed by atoms with Crippen LogP contribution in [0.25, 0.3) is 11.3 Å². The first-order valence-electron chi connectivity index (χ1n) is 7.04. The second kappa shape index (κ2) is 6.62. The van der Waals surface area contributed by atoms with Crippen molar-refractivity contribution in [2.75, 3.05) is 0 Å². The van der Waals surface area contributed by atoms with Crippen LogP contribution in [-0.2, 0) is 6.54 Å². The predicted molar refractivity (Wildman–Crippen MR) is 87.1 cm³/mol. The molecule has 0 aliphatic heterocycles. The van der Waals surface area contributed by atoms with E-state index in [0.29, 0.717) is 34.1 Å². The Hall–Kier alpha value is -2.66. The third kappa shape index (κ3) is 3.40. The maximum absolute atomic E-state index is 12.5. The standard InChI is InChI=1S/C17H14ClN3O2/c1-11-15(16(23-21-11)13-3-2-8-19-10-13)17(22)20-9-12-4-6-14(18)7-5-12/h2-8,10H,9H2,1H3,(H,20,22). The van der Waals surface area contributed by atoms with E-state index in [2.05, 4.69) is 15.5 Å². The molecule has 23 heavy (non-hydrogen) atoms. The van der Waals surface area contributed by atoms with E-state index in [9.17, 15) is 4.79 Å². The van der Waals surface area contributed by atoms with Gasteiger partial charge in [0.1, 0.15) is 5.56 Å². The van der Waals surface area contributed by atoms with E-state index in [4.69, 9.17) is 16.1 Å². The smallest absolute Gasteiger partial charge is 0.257 e. The van der Waals surface area contributed by atoms with E-state index in [1.54, 1.807) is 37.5 Å². The fourth-order valence-electron chi connectivity index (χ4n) is 2.20. The molecule has 116 valence electrons. The minimum Gasteiger partial charge on any atom is -0.355 e. The van der Waals surface area contributed by atoms with Crippen LogP contribution in [0.2, 0.25) is 5.02 Å². The van der Waals surface area contributed by atoms with Gasteiger partial charge in [0, 0.05) is 29.5 Å². The number of halogens is 1. The monoisotopic (exact) mass is 327 g/mol. The molecule has 0 radical (unpaired) electrons. The lowest BCUT2D eigenvalue weighted by atomic mass is 10.1. The normalized spacial score (nSPS) is 10.5. The lowest BCUT2D eigenvalue weighted by Crippen LogP contribution is -2.23. The molecule has 0 unspecified atom stereocenters. The first-order valence-corrected chi connectivity index (χ1v) is 7.42. The van der Waals surface area contributed by atoms with Crippen LogP contribution in [0.4, 0.5) is 0 Å². The molecule has 5 nitrogen and oxygen atoms in total. The summed E-state index contributed by atoms with van der Waals surface area (Å²) in [7, 11) is 0. The third-order valence-corrected chi connectivity index (χ3v) is 3.63. The van der Waals surface area contributed by atoms with E-state index in [1.165, 1.54) is 0 Å². The van der Waals surface area contributed by atoms with Crippen molar-refractivity contribution in [3.8, 4) is 11.3 Å². The van der Waals surface area contributed by atoms with Gasteiger partial charge in [0.05, 0.1) is 5.69 Å². The lowest BCUT2D eigenvalue weighted by molar-refractivity contribution is 0.0950. The number of amides is 1. The van der Waals surface area contributed by atoms with E-state index < -0.39 is 0 Å². The molecule has 1 aromatic carbocycles. The molecular weight excluding hydrogens is 314 g/mol. The maximum atomic E-state index is 12.5. The number of rotatable bonds is 4. The summed E-state index contributed by atoms with van der Waals surface area (Å²) in [6.45, 7) is 2.13. The van der Waals surface area contributed by atoms with Crippen molar-refractivity contribution in [3.63, 3.8) is 0 Å². The van der Waals surface area contributed by atoms with Crippen molar-refractivity contribution in [1.82, 2.24) is 15.5 Å². The molecule has 6 heteroatoms. The molecule has 0 bridgehead atoms. The molecule has 3 rings (SSSR count). The molecule has 0 aliphatic rings. The van der Waals surface area contributed by atoms with Crippen molar-refractivity contribution in [2.45, 2.75) is 13.5 Å². The zero-order valence-corrected chi connectivity index (χ0v) is 13.2. The number of nitrogens with zero attached hydrogens (tertiary/aromatic N) is 2. The van der Waals surface area contributed by atoms with Crippen LogP contribution < -0.4 is 5.32 Å². The molecule has 0 spiro atoms. The van der Waals surface area contributed by atoms with E-state index in [-0.39, 0.29) is 5.91 Å². The number of hydrogen-bond donors (Lipinski definition) is 1. The van der Waals surface area contributed by atoms with E-state index >= 15 is 0 Å². The third-order valence-electron chi connectivity index (χ3n) is 3.38. The van der Waals surface area contributed by atoms with Gasteiger partial charge < -0.3 is 9.84 Å². The Labute approximate surface area is 138 Å². The van der Waals surface area contributed by atoms with Crippen LogP contribution in [0.15, 0.2) is 53.3 Å². The van der Waals surface area contributed by atoms with Gasteiger partial charge in [-0.2, -0.15) is 0 Å². The Morgan fingerprint density at radius 1 is 1.26 bits per heavy atom. The average Bonchev–Trinajstić information content (AvgIpc) is 2.96. The first kappa shape index (κ1) is 15.2. The van der Waals surface area contributed by atoms with Crippen molar-refractivity contribution >= 4 is 17.5 Å². The number of aromatic nitrogens is 2. The Morgan fingerprint density at radius 3 is 2.74 bits per heavy atom. The lowest BCUT2D eigenvalue weighted by Gasteiger charge is -2.06. The van der Waals surface area contributed by atoms with Gasteiger partial charge in [0.25, 0.3) is 5.91 Å². The van der Waals surface area contributed by atoms with Gasteiger partial charge in [-0.1, -0.05) is 28.9 Å². The molecule has 2 aromatic heterocycles. The van der Waals surface area contributed by atoms with Crippen molar-refractivity contribution in [1.29, 1.82) is 0 Å². The fraction of sp³-hybridized carbons (Fsp3) is 0.118. The summed E-state index contributed by atoms with van der Waals surface area (Å²) in [5.41, 5.74) is 2.63. The Morgan fingerprint density at radius 2 is 2.04 bits per heavy atom. The zero-order valence-electron chi connectivity index (χ0n) is 12.4. The second-order valence-corrected chi connectivity index (χ2v) is 5.46. The Bertz CT molecular complexity index is 814. The van der Waals surface area contributed by atoms with Crippen LogP contribution in [-0.4, -0.2) is 16.0 Å². The minimum atomic E-state index is -0.238. The van der Waals surface area contributed by atoms with Gasteiger partial charge in [-0.3, -0.25) is 9.78 Å². The molecule has 1 N–H and O–H groups in total. The largest absolute Gasteiger partial charge is 0.355 e. The van der Waals surface area contributed by atoms with Gasteiger partial charge in [0.15, 0.2) is 5.76 Å². The Balaban J connectivity index is 1.80. The van der Waals surface area contributed by atoms with Crippen LogP contribution in [0.3, 0.4) is 0 Å². The summed E-state index contributed by atoms with van der Waals surface area (Å²) >= 11 is 5.85. The van der Waals surface area contributed by atoms with Crippen molar-refractivity contribution in [3.05, 3.63) is 70.6 Å². The summed E-state index contributed by atoms with van der Waals surface area (Å²) in [4.78, 5) is 16.5. The van der Waals surface area contributed by atoms with Crippen molar-refractivity contribution < 1.29 is 9.32 Å². The molecule has 1 amide bonds. The number of benzene rings is 1. The molecule has 3 aromatic rings. The number of aryl methyl sites for hydroxylation is 1. The summed E-state index contributed by atoms with van der Waals surface area (Å²) < 4.78 is 5.30. The minimum absolute atomic E-state index is 0.238. The molecular formula is C17H14ClN3O2. The van der Waals surface area contributed by atoms with Crippen LogP contribution in [0.5, 0.6) is 0 Å². The molecule has 0 saturated heterocycles. The number of hydrogen-bond acceptors (Lipinski definition) is 4. The van der Waals surface area contributed by atoms with Crippen LogP contribution >= 0.6 is 11.6 Å². The number of carbonyl (C=O) groups is 1. The quantitative estimate of drug-likeness (QED) is 0.794. The first-order chi connectivity index (χ1) is 11.1. The summed E-state index contributed by atoms with van der Waals surface area (Å²) in [6, 6.07) is 10.9. The zero-order chi connectivity index (χ0) is 16.2. The number of carbonyl (C=O) groups excluding carboxylic acids is 1. The highest BCUT2D eigenvalue weighted by atomic mass is 35.5. The number of pyridine rings is 1. The van der Waals surface area contributed by atoms with Gasteiger partial charge in [-0.05, 0) is 36.8 Å². The summed E-state index contributed by atoms with van der Waals surface area (Å²) in [5.74, 6) is 0.182. The molecule has 2 heterocycles. The average molecular weight is 328 g/mol. The number of nitrogens with one attached hydrogen (secondary N) is 1. The van der Waals surface area contributed by atoms with E-state index in [0.717, 1.165) is 5.56 Å². The van der Waals surface area contributed by atoms with Crippen molar-refractivity contribution in [2.24, 2.45) is 0 Å².